The van der Waals surface area contributed by atoms with Crippen molar-refractivity contribution in [3.05, 3.63) is 30.1 Å². The lowest BCUT2D eigenvalue weighted by atomic mass is 10.2. The van der Waals surface area contributed by atoms with Gasteiger partial charge in [-0.2, -0.15) is 0 Å². The molecule has 1 aromatic carbocycles. The molecule has 1 N–H and O–H groups in total. The molecule has 0 fully saturated rings. The van der Waals surface area contributed by atoms with Gasteiger partial charge in [-0.1, -0.05) is 6.07 Å². The topological polar surface area (TPSA) is 46.2 Å². The summed E-state index contributed by atoms with van der Waals surface area (Å²) in [6.07, 6.45) is 0.340. The molecule has 3 nitrogen and oxygen atoms in total. The number of hydrogen-bond donors (Lipinski definition) is 1. The third kappa shape index (κ3) is 4.35. The Morgan fingerprint density at radius 2 is 2.07 bits per heavy atom. The molecule has 0 unspecified atom stereocenters. The average Bonchev–Trinajstić information content (AvgIpc) is 2.15. The van der Waals surface area contributed by atoms with Gasteiger partial charge in [0.25, 0.3) is 0 Å². The Morgan fingerprint density at radius 1 is 1.33 bits per heavy atom. The maximum atomic E-state index is 12.7. The van der Waals surface area contributed by atoms with Gasteiger partial charge in [0, 0.05) is 18.5 Å². The number of ketones is 1. The highest BCUT2D eigenvalue weighted by molar-refractivity contribution is 5.93. The van der Waals surface area contributed by atoms with Gasteiger partial charge in [0.05, 0.1) is 0 Å². The Hall–Kier alpha value is -1.71. The third-order valence-corrected chi connectivity index (χ3v) is 1.81. The molecule has 0 aliphatic heterocycles. The maximum absolute atomic E-state index is 12.7. The number of Topliss-reactive ketones (excluding diaryl/α,β-unsaturated/α-hetero) is 1. The summed E-state index contributed by atoms with van der Waals surface area (Å²) in [5, 5.41) is 2.51. The predicted octanol–water partition coefficient (Wildman–Crippen LogP) is 2.13. The summed E-state index contributed by atoms with van der Waals surface area (Å²) in [5.41, 5.74) is 0.406. The van der Waals surface area contributed by atoms with Crippen molar-refractivity contribution < 1.29 is 14.0 Å². The van der Waals surface area contributed by atoms with E-state index in [0.29, 0.717) is 5.69 Å². The molecule has 0 saturated carbocycles. The van der Waals surface area contributed by atoms with E-state index >= 15 is 0 Å². The molecule has 0 aliphatic carbocycles. The predicted molar refractivity (Wildman–Crippen MR) is 54.9 cm³/mol. The molecule has 0 saturated heterocycles. The number of halogens is 1. The van der Waals surface area contributed by atoms with Crippen LogP contribution >= 0.6 is 0 Å². The van der Waals surface area contributed by atoms with Gasteiger partial charge in [-0.05, 0) is 25.1 Å². The van der Waals surface area contributed by atoms with Crippen LogP contribution < -0.4 is 5.32 Å². The van der Waals surface area contributed by atoms with E-state index in [0.717, 1.165) is 0 Å². The second kappa shape index (κ2) is 5.24. The minimum Gasteiger partial charge on any atom is -0.326 e. The Bertz CT molecular complexity index is 377. The number of nitrogens with one attached hydrogen (secondary N) is 1. The second-order valence-corrected chi connectivity index (χ2v) is 3.26. The first-order chi connectivity index (χ1) is 7.08. The van der Waals surface area contributed by atoms with Crippen molar-refractivity contribution in [1.82, 2.24) is 0 Å². The quantitative estimate of drug-likeness (QED) is 0.825. The first-order valence-electron chi connectivity index (χ1n) is 4.63. The molecule has 0 aromatic heterocycles. The number of carbonyl (C=O) groups excluding carboxylic acids is 2. The molecule has 1 amide bonds. The van der Waals surface area contributed by atoms with Crippen molar-refractivity contribution in [3.8, 4) is 0 Å². The number of hydrogen-bond acceptors (Lipinski definition) is 2. The van der Waals surface area contributed by atoms with E-state index < -0.39 is 5.82 Å². The minimum absolute atomic E-state index is 0.0376. The van der Waals surface area contributed by atoms with Gasteiger partial charge >= 0.3 is 0 Å². The van der Waals surface area contributed by atoms with Gasteiger partial charge in [-0.15, -0.1) is 0 Å². The molecular formula is C11H12FNO2. The van der Waals surface area contributed by atoms with Gasteiger partial charge < -0.3 is 10.1 Å². The van der Waals surface area contributed by atoms with Gasteiger partial charge in [0.15, 0.2) is 0 Å². The Kier molecular flexibility index (Phi) is 3.97. The first-order valence-corrected chi connectivity index (χ1v) is 4.63. The Balaban J connectivity index is 2.48. The molecule has 15 heavy (non-hydrogen) atoms. The SMILES string of the molecule is CC(=O)CCC(=O)Nc1cccc(F)c1. The summed E-state index contributed by atoms with van der Waals surface area (Å²) in [6.45, 7) is 1.43. The normalized spacial score (nSPS) is 9.73. The van der Waals surface area contributed by atoms with Gasteiger partial charge in [-0.25, -0.2) is 4.39 Å². The number of anilines is 1. The van der Waals surface area contributed by atoms with Gasteiger partial charge in [0.1, 0.15) is 11.6 Å². The standard InChI is InChI=1S/C11H12FNO2/c1-8(14)5-6-11(15)13-10-4-2-3-9(12)7-10/h2-4,7H,5-6H2,1H3,(H,13,15). The first kappa shape index (κ1) is 11.4. The Labute approximate surface area is 87.3 Å². The molecule has 0 spiro atoms. The molecule has 4 heteroatoms. The summed E-state index contributed by atoms with van der Waals surface area (Å²) >= 11 is 0. The summed E-state index contributed by atoms with van der Waals surface area (Å²) < 4.78 is 12.7. The lowest BCUT2D eigenvalue weighted by Gasteiger charge is -2.03. The van der Waals surface area contributed by atoms with Crippen molar-refractivity contribution in [2.45, 2.75) is 19.8 Å². The lowest BCUT2D eigenvalue weighted by Crippen LogP contribution is -2.12. The van der Waals surface area contributed by atoms with E-state index in [-0.39, 0.29) is 24.5 Å². The molecule has 0 atom stereocenters. The van der Waals surface area contributed by atoms with Crippen LogP contribution in [0.2, 0.25) is 0 Å². The molecule has 0 heterocycles. The molecule has 1 aromatic rings. The number of carbonyl (C=O) groups is 2. The van der Waals surface area contributed by atoms with Crippen LogP contribution in [-0.2, 0) is 9.59 Å². The zero-order valence-corrected chi connectivity index (χ0v) is 8.42. The van der Waals surface area contributed by atoms with Crippen LogP contribution in [0.15, 0.2) is 24.3 Å². The van der Waals surface area contributed by atoms with E-state index in [1.807, 2.05) is 0 Å². The molecule has 0 radical (unpaired) electrons. The highest BCUT2D eigenvalue weighted by atomic mass is 19.1. The average molecular weight is 209 g/mol. The summed E-state index contributed by atoms with van der Waals surface area (Å²) in [4.78, 5) is 21.9. The van der Waals surface area contributed by atoms with Crippen LogP contribution in [0.3, 0.4) is 0 Å². The van der Waals surface area contributed by atoms with Crippen molar-refractivity contribution in [2.24, 2.45) is 0 Å². The summed E-state index contributed by atoms with van der Waals surface area (Å²) in [6, 6.07) is 5.63. The fraction of sp³-hybridized carbons (Fsp3) is 0.273. The van der Waals surface area contributed by atoms with Crippen molar-refractivity contribution in [1.29, 1.82) is 0 Å². The highest BCUT2D eigenvalue weighted by Crippen LogP contribution is 2.09. The number of benzene rings is 1. The highest BCUT2D eigenvalue weighted by Gasteiger charge is 2.04. The van der Waals surface area contributed by atoms with Crippen molar-refractivity contribution in [2.75, 3.05) is 5.32 Å². The molecule has 0 bridgehead atoms. The van der Waals surface area contributed by atoms with E-state index in [4.69, 9.17) is 0 Å². The van der Waals surface area contributed by atoms with Crippen LogP contribution in [0.5, 0.6) is 0 Å². The minimum atomic E-state index is -0.403. The van der Waals surface area contributed by atoms with E-state index in [9.17, 15) is 14.0 Å². The number of rotatable bonds is 4. The zero-order chi connectivity index (χ0) is 11.3. The second-order valence-electron chi connectivity index (χ2n) is 3.26. The van der Waals surface area contributed by atoms with E-state index in [1.165, 1.54) is 25.1 Å². The Morgan fingerprint density at radius 3 is 2.67 bits per heavy atom. The molecule has 80 valence electrons. The van der Waals surface area contributed by atoms with Gasteiger partial charge in [-0.3, -0.25) is 4.79 Å². The number of amides is 1. The van der Waals surface area contributed by atoms with E-state index in [1.54, 1.807) is 6.07 Å². The summed E-state index contributed by atoms with van der Waals surface area (Å²) in [7, 11) is 0. The van der Waals surface area contributed by atoms with Crippen molar-refractivity contribution >= 4 is 17.4 Å². The largest absolute Gasteiger partial charge is 0.326 e. The van der Waals surface area contributed by atoms with Crippen LogP contribution in [0, 0.1) is 5.82 Å². The third-order valence-electron chi connectivity index (χ3n) is 1.81. The lowest BCUT2D eigenvalue weighted by molar-refractivity contribution is -0.121. The van der Waals surface area contributed by atoms with E-state index in [2.05, 4.69) is 5.32 Å². The van der Waals surface area contributed by atoms with Crippen LogP contribution in [0.4, 0.5) is 10.1 Å². The smallest absolute Gasteiger partial charge is 0.224 e. The van der Waals surface area contributed by atoms with Crippen LogP contribution in [-0.4, -0.2) is 11.7 Å². The molecule has 0 aliphatic rings. The zero-order valence-electron chi connectivity index (χ0n) is 8.42. The fourth-order valence-electron chi connectivity index (χ4n) is 1.08. The van der Waals surface area contributed by atoms with Crippen LogP contribution in [0.1, 0.15) is 19.8 Å². The summed E-state index contributed by atoms with van der Waals surface area (Å²) in [5.74, 6) is -0.723. The van der Waals surface area contributed by atoms with Gasteiger partial charge in [0.2, 0.25) is 5.91 Å². The van der Waals surface area contributed by atoms with Crippen LogP contribution in [0.25, 0.3) is 0 Å². The fourth-order valence-corrected chi connectivity index (χ4v) is 1.08. The maximum Gasteiger partial charge on any atom is 0.224 e. The monoisotopic (exact) mass is 209 g/mol. The molecule has 1 rings (SSSR count). The van der Waals surface area contributed by atoms with Crippen molar-refractivity contribution in [3.63, 3.8) is 0 Å². The molecular weight excluding hydrogens is 197 g/mol.